The van der Waals surface area contributed by atoms with Crippen molar-refractivity contribution in [1.29, 1.82) is 0 Å². The van der Waals surface area contributed by atoms with Gasteiger partial charge in [-0.2, -0.15) is 0 Å². The summed E-state index contributed by atoms with van der Waals surface area (Å²) >= 11 is 5.95. The van der Waals surface area contributed by atoms with Crippen molar-refractivity contribution in [3.8, 4) is 11.5 Å². The minimum Gasteiger partial charge on any atom is -0.505 e. The van der Waals surface area contributed by atoms with Crippen molar-refractivity contribution in [2.24, 2.45) is 5.73 Å². The lowest BCUT2D eigenvalue weighted by atomic mass is 9.93. The number of nitrogens with two attached hydrogens (primary N) is 1. The van der Waals surface area contributed by atoms with Crippen molar-refractivity contribution in [3.05, 3.63) is 58.4 Å². The maximum atomic E-state index is 13.4. The molecule has 1 aliphatic rings. The third-order valence-corrected chi connectivity index (χ3v) is 3.69. The zero-order valence-electron chi connectivity index (χ0n) is 10.5. The number of halogens is 2. The maximum Gasteiger partial charge on any atom is 0.165 e. The first kappa shape index (κ1) is 13.2. The van der Waals surface area contributed by atoms with Crippen LogP contribution in [-0.2, 0) is 0 Å². The molecule has 1 heterocycles. The van der Waals surface area contributed by atoms with Crippen LogP contribution in [0, 0.1) is 5.82 Å². The minimum atomic E-state index is -0.665. The van der Waals surface area contributed by atoms with Crippen LogP contribution in [0.5, 0.6) is 11.5 Å². The van der Waals surface area contributed by atoms with E-state index in [0.29, 0.717) is 22.8 Å². The van der Waals surface area contributed by atoms with Crippen LogP contribution in [0.2, 0.25) is 5.02 Å². The van der Waals surface area contributed by atoms with Gasteiger partial charge in [0.2, 0.25) is 0 Å². The first-order chi connectivity index (χ1) is 9.54. The van der Waals surface area contributed by atoms with Crippen molar-refractivity contribution >= 4 is 11.6 Å². The average molecular weight is 294 g/mol. The van der Waals surface area contributed by atoms with E-state index < -0.39 is 5.82 Å². The molecule has 1 unspecified atom stereocenters. The molecule has 2 aromatic rings. The molecule has 0 saturated carbocycles. The van der Waals surface area contributed by atoms with Gasteiger partial charge in [0.25, 0.3) is 0 Å². The molecule has 3 N–H and O–H groups in total. The molecule has 1 aliphatic heterocycles. The van der Waals surface area contributed by atoms with Gasteiger partial charge in [0.1, 0.15) is 11.9 Å². The molecule has 3 rings (SSSR count). The number of ether oxygens (including phenoxy) is 1. The molecule has 0 radical (unpaired) electrons. The largest absolute Gasteiger partial charge is 0.505 e. The van der Waals surface area contributed by atoms with Crippen LogP contribution in [-0.4, -0.2) is 5.11 Å². The van der Waals surface area contributed by atoms with E-state index in [1.165, 1.54) is 12.1 Å². The van der Waals surface area contributed by atoms with Crippen molar-refractivity contribution in [1.82, 2.24) is 0 Å². The number of aromatic hydroxyl groups is 1. The predicted octanol–water partition coefficient (Wildman–Crippen LogP) is 3.71. The van der Waals surface area contributed by atoms with E-state index in [9.17, 15) is 9.50 Å². The summed E-state index contributed by atoms with van der Waals surface area (Å²) in [6.45, 7) is 0. The Labute approximate surface area is 120 Å². The Morgan fingerprint density at radius 2 is 2.05 bits per heavy atom. The summed E-state index contributed by atoms with van der Waals surface area (Å²) < 4.78 is 19.3. The molecule has 0 fully saturated rings. The molecule has 0 amide bonds. The first-order valence-electron chi connectivity index (χ1n) is 6.24. The molecule has 3 nitrogen and oxygen atoms in total. The van der Waals surface area contributed by atoms with Crippen LogP contribution >= 0.6 is 11.6 Å². The van der Waals surface area contributed by atoms with Crippen LogP contribution in [0.25, 0.3) is 0 Å². The normalized spacial score (nSPS) is 21.1. The summed E-state index contributed by atoms with van der Waals surface area (Å²) in [5, 5.41) is 9.84. The Bertz CT molecular complexity index is 662. The highest BCUT2D eigenvalue weighted by Gasteiger charge is 2.27. The van der Waals surface area contributed by atoms with Gasteiger partial charge in [0.15, 0.2) is 11.6 Å². The summed E-state index contributed by atoms with van der Waals surface area (Å²) in [4.78, 5) is 0. The standard InChI is InChI=1S/C15H13ClFNO2/c16-9-2-4-14-10(6-9)12(18)7-15(20-14)8-1-3-13(19)11(17)5-8/h1-6,12,15,19H,7,18H2/t12-,15?/m1/s1. The molecule has 2 aromatic carbocycles. The van der Waals surface area contributed by atoms with Crippen molar-refractivity contribution in [2.45, 2.75) is 18.6 Å². The second kappa shape index (κ2) is 4.96. The maximum absolute atomic E-state index is 13.4. The van der Waals surface area contributed by atoms with Gasteiger partial charge in [-0.3, -0.25) is 0 Å². The molecule has 104 valence electrons. The van der Waals surface area contributed by atoms with E-state index in [1.54, 1.807) is 24.3 Å². The fraction of sp³-hybridized carbons (Fsp3) is 0.200. The van der Waals surface area contributed by atoms with Gasteiger partial charge in [-0.05, 0) is 35.9 Å². The fourth-order valence-electron chi connectivity index (χ4n) is 2.40. The van der Waals surface area contributed by atoms with Gasteiger partial charge < -0.3 is 15.6 Å². The highest BCUT2D eigenvalue weighted by atomic mass is 35.5. The molecule has 20 heavy (non-hydrogen) atoms. The number of benzene rings is 2. The minimum absolute atomic E-state index is 0.223. The van der Waals surface area contributed by atoms with Crippen LogP contribution in [0.15, 0.2) is 36.4 Å². The van der Waals surface area contributed by atoms with Crippen LogP contribution in [0.4, 0.5) is 4.39 Å². The number of rotatable bonds is 1. The fourth-order valence-corrected chi connectivity index (χ4v) is 2.58. The molecule has 5 heteroatoms. The van der Waals surface area contributed by atoms with Gasteiger partial charge >= 0.3 is 0 Å². The third kappa shape index (κ3) is 2.32. The zero-order chi connectivity index (χ0) is 14.3. The molecule has 0 aliphatic carbocycles. The highest BCUT2D eigenvalue weighted by Crippen LogP contribution is 2.41. The molecule has 0 bridgehead atoms. The molecule has 0 aromatic heterocycles. The Hall–Kier alpha value is -1.78. The molecule has 0 spiro atoms. The lowest BCUT2D eigenvalue weighted by Crippen LogP contribution is -2.24. The Kier molecular flexibility index (Phi) is 3.28. The van der Waals surface area contributed by atoms with Crippen LogP contribution in [0.3, 0.4) is 0 Å². The Morgan fingerprint density at radius 3 is 2.80 bits per heavy atom. The van der Waals surface area contributed by atoms with Crippen molar-refractivity contribution < 1.29 is 14.2 Å². The molecule has 0 saturated heterocycles. The third-order valence-electron chi connectivity index (χ3n) is 3.45. The first-order valence-corrected chi connectivity index (χ1v) is 6.62. The number of phenolic OH excluding ortho intramolecular Hbond substituents is 1. The van der Waals surface area contributed by atoms with Crippen LogP contribution < -0.4 is 10.5 Å². The van der Waals surface area contributed by atoms with E-state index in [4.69, 9.17) is 22.1 Å². The Balaban J connectivity index is 1.94. The number of phenols is 1. The highest BCUT2D eigenvalue weighted by molar-refractivity contribution is 6.30. The predicted molar refractivity (Wildman–Crippen MR) is 74.4 cm³/mol. The van der Waals surface area contributed by atoms with E-state index in [0.717, 1.165) is 5.56 Å². The monoisotopic (exact) mass is 293 g/mol. The summed E-state index contributed by atoms with van der Waals surface area (Å²) in [6.07, 6.45) is 0.186. The Morgan fingerprint density at radius 1 is 1.25 bits per heavy atom. The van der Waals surface area contributed by atoms with Gasteiger partial charge in [-0.15, -0.1) is 0 Å². The van der Waals surface area contributed by atoms with E-state index in [-0.39, 0.29) is 17.9 Å². The van der Waals surface area contributed by atoms with E-state index in [2.05, 4.69) is 0 Å². The van der Waals surface area contributed by atoms with Crippen LogP contribution in [0.1, 0.15) is 29.7 Å². The summed E-state index contributed by atoms with van der Waals surface area (Å²) in [7, 11) is 0. The van der Waals surface area contributed by atoms with Gasteiger partial charge in [0, 0.05) is 23.0 Å². The number of fused-ring (bicyclic) bond motifs is 1. The zero-order valence-corrected chi connectivity index (χ0v) is 11.3. The lowest BCUT2D eigenvalue weighted by Gasteiger charge is -2.30. The van der Waals surface area contributed by atoms with E-state index in [1.807, 2.05) is 0 Å². The second-order valence-corrected chi connectivity index (χ2v) is 5.28. The van der Waals surface area contributed by atoms with Gasteiger partial charge in [-0.25, -0.2) is 4.39 Å². The van der Waals surface area contributed by atoms with Crippen molar-refractivity contribution in [3.63, 3.8) is 0 Å². The number of hydrogen-bond donors (Lipinski definition) is 2. The molecule has 2 atom stereocenters. The topological polar surface area (TPSA) is 55.5 Å². The summed E-state index contributed by atoms with van der Waals surface area (Å²) in [6, 6.07) is 9.28. The summed E-state index contributed by atoms with van der Waals surface area (Å²) in [5.74, 6) is -0.380. The van der Waals surface area contributed by atoms with Gasteiger partial charge in [0.05, 0.1) is 0 Å². The quantitative estimate of drug-likeness (QED) is 0.843. The number of hydrogen-bond acceptors (Lipinski definition) is 3. The smallest absolute Gasteiger partial charge is 0.165 e. The van der Waals surface area contributed by atoms with Gasteiger partial charge in [-0.1, -0.05) is 17.7 Å². The van der Waals surface area contributed by atoms with E-state index >= 15 is 0 Å². The lowest BCUT2D eigenvalue weighted by molar-refractivity contribution is 0.161. The molecular weight excluding hydrogens is 281 g/mol. The average Bonchev–Trinajstić information content (AvgIpc) is 2.42. The molecular formula is C15H13ClFNO2. The second-order valence-electron chi connectivity index (χ2n) is 4.84. The SMILES string of the molecule is N[C@@H]1CC(c2ccc(O)c(F)c2)Oc2ccc(Cl)cc21. The van der Waals surface area contributed by atoms with Crippen molar-refractivity contribution in [2.75, 3.05) is 0 Å². The summed E-state index contributed by atoms with van der Waals surface area (Å²) in [5.41, 5.74) is 7.63.